The second kappa shape index (κ2) is 5.87. The number of anilines is 1. The van der Waals surface area contributed by atoms with Crippen LogP contribution in [0.5, 0.6) is 0 Å². The normalized spacial score (nSPS) is 22.3. The molecule has 0 spiro atoms. The molecule has 98 valence electrons. The molecule has 0 atom stereocenters. The van der Waals surface area contributed by atoms with Gasteiger partial charge < -0.3 is 14.7 Å². The maximum atomic E-state index is 10.7. The van der Waals surface area contributed by atoms with Crippen LogP contribution in [0.15, 0.2) is 30.3 Å². The highest BCUT2D eigenvalue weighted by atomic mass is 16.5. The van der Waals surface area contributed by atoms with Crippen LogP contribution in [-0.2, 0) is 9.53 Å². The fourth-order valence-corrected chi connectivity index (χ4v) is 2.34. The molecular weight excluding hydrogens is 230 g/mol. The van der Waals surface area contributed by atoms with E-state index in [1.54, 1.807) is 7.11 Å². The third-order valence-electron chi connectivity index (χ3n) is 3.50. The number of carboxylic acids is 1. The minimum absolute atomic E-state index is 0.170. The van der Waals surface area contributed by atoms with Crippen LogP contribution in [-0.4, -0.2) is 36.9 Å². The van der Waals surface area contributed by atoms with Crippen LogP contribution in [0.25, 0.3) is 0 Å². The number of ether oxygens (including phenoxy) is 1. The fraction of sp³-hybridized carbons (Fsp3) is 0.500. The number of methoxy groups -OCH3 is 1. The summed E-state index contributed by atoms with van der Waals surface area (Å²) in [6, 6.07) is 10.4. The van der Waals surface area contributed by atoms with Crippen molar-refractivity contribution >= 4 is 11.7 Å². The average Bonchev–Trinajstić information content (AvgIpc) is 2.32. The van der Waals surface area contributed by atoms with Gasteiger partial charge in [-0.1, -0.05) is 18.2 Å². The second-order valence-corrected chi connectivity index (χ2v) is 4.66. The Morgan fingerprint density at radius 1 is 1.39 bits per heavy atom. The largest absolute Gasteiger partial charge is 0.481 e. The number of para-hydroxylation sites is 1. The lowest BCUT2D eigenvalue weighted by atomic mass is 9.87. The van der Waals surface area contributed by atoms with Crippen molar-refractivity contribution in [2.45, 2.75) is 31.4 Å². The monoisotopic (exact) mass is 249 g/mol. The summed E-state index contributed by atoms with van der Waals surface area (Å²) in [5.41, 5.74) is 1.10. The lowest BCUT2D eigenvalue weighted by molar-refractivity contribution is -0.136. The van der Waals surface area contributed by atoms with Gasteiger partial charge in [0.25, 0.3) is 0 Å². The summed E-state index contributed by atoms with van der Waals surface area (Å²) >= 11 is 0. The fourth-order valence-electron chi connectivity index (χ4n) is 2.34. The third kappa shape index (κ3) is 3.01. The van der Waals surface area contributed by atoms with Crippen molar-refractivity contribution in [3.05, 3.63) is 30.3 Å². The Bertz CT molecular complexity index is 387. The third-order valence-corrected chi connectivity index (χ3v) is 3.50. The first kappa shape index (κ1) is 12.9. The van der Waals surface area contributed by atoms with E-state index in [4.69, 9.17) is 9.84 Å². The number of hydrogen-bond donors (Lipinski definition) is 1. The maximum absolute atomic E-state index is 10.7. The predicted molar refractivity (Wildman–Crippen MR) is 69.9 cm³/mol. The SMILES string of the molecule is COC1CC(N(CCC(=O)O)c2ccccc2)C1. The molecule has 0 amide bonds. The van der Waals surface area contributed by atoms with Gasteiger partial charge in [-0.25, -0.2) is 0 Å². The number of carbonyl (C=O) groups is 1. The van der Waals surface area contributed by atoms with E-state index in [1.807, 2.05) is 30.3 Å². The Labute approximate surface area is 107 Å². The van der Waals surface area contributed by atoms with E-state index in [-0.39, 0.29) is 6.42 Å². The zero-order chi connectivity index (χ0) is 13.0. The van der Waals surface area contributed by atoms with E-state index in [0.717, 1.165) is 18.5 Å². The van der Waals surface area contributed by atoms with Crippen molar-refractivity contribution in [3.63, 3.8) is 0 Å². The van der Waals surface area contributed by atoms with Crippen LogP contribution in [0.4, 0.5) is 5.69 Å². The van der Waals surface area contributed by atoms with Crippen molar-refractivity contribution < 1.29 is 14.6 Å². The first-order chi connectivity index (χ1) is 8.70. The van der Waals surface area contributed by atoms with Gasteiger partial charge >= 0.3 is 5.97 Å². The molecule has 18 heavy (non-hydrogen) atoms. The van der Waals surface area contributed by atoms with Crippen LogP contribution in [0.3, 0.4) is 0 Å². The van der Waals surface area contributed by atoms with Crippen LogP contribution in [0.1, 0.15) is 19.3 Å². The molecule has 1 aliphatic carbocycles. The molecule has 0 radical (unpaired) electrons. The van der Waals surface area contributed by atoms with E-state index in [1.165, 1.54) is 0 Å². The number of benzene rings is 1. The van der Waals surface area contributed by atoms with Crippen molar-refractivity contribution in [3.8, 4) is 0 Å². The lowest BCUT2D eigenvalue weighted by Gasteiger charge is -2.43. The van der Waals surface area contributed by atoms with Gasteiger partial charge in [0.15, 0.2) is 0 Å². The molecular formula is C14H19NO3. The molecule has 4 heteroatoms. The summed E-state index contributed by atoms with van der Waals surface area (Å²) in [7, 11) is 1.73. The molecule has 1 aromatic carbocycles. The predicted octanol–water partition coefficient (Wildman–Crippen LogP) is 2.15. The molecule has 1 aromatic rings. The van der Waals surface area contributed by atoms with Gasteiger partial charge in [0.2, 0.25) is 0 Å². The van der Waals surface area contributed by atoms with Crippen molar-refractivity contribution in [2.24, 2.45) is 0 Å². The molecule has 4 nitrogen and oxygen atoms in total. The Balaban J connectivity index is 2.02. The smallest absolute Gasteiger partial charge is 0.305 e. The summed E-state index contributed by atoms with van der Waals surface area (Å²) in [6.07, 6.45) is 2.45. The molecule has 1 aliphatic rings. The summed E-state index contributed by atoms with van der Waals surface area (Å²) in [4.78, 5) is 12.9. The highest BCUT2D eigenvalue weighted by Crippen LogP contribution is 2.31. The zero-order valence-electron chi connectivity index (χ0n) is 10.6. The highest BCUT2D eigenvalue weighted by Gasteiger charge is 2.33. The van der Waals surface area contributed by atoms with E-state index in [2.05, 4.69) is 4.90 Å². The topological polar surface area (TPSA) is 49.8 Å². The summed E-state index contributed by atoms with van der Waals surface area (Å²) < 4.78 is 5.29. The van der Waals surface area contributed by atoms with Crippen LogP contribution in [0.2, 0.25) is 0 Å². The number of rotatable bonds is 6. The first-order valence-electron chi connectivity index (χ1n) is 6.27. The quantitative estimate of drug-likeness (QED) is 0.839. The Kier molecular flexibility index (Phi) is 4.20. The van der Waals surface area contributed by atoms with Gasteiger partial charge in [-0.2, -0.15) is 0 Å². The molecule has 2 rings (SSSR count). The molecule has 1 N–H and O–H groups in total. The lowest BCUT2D eigenvalue weighted by Crippen LogP contribution is -2.48. The van der Waals surface area contributed by atoms with Crippen molar-refractivity contribution in [2.75, 3.05) is 18.6 Å². The van der Waals surface area contributed by atoms with E-state index in [0.29, 0.717) is 18.7 Å². The maximum Gasteiger partial charge on any atom is 0.305 e. The van der Waals surface area contributed by atoms with Crippen LogP contribution >= 0.6 is 0 Å². The number of hydrogen-bond acceptors (Lipinski definition) is 3. The Morgan fingerprint density at radius 2 is 2.06 bits per heavy atom. The van der Waals surface area contributed by atoms with E-state index in [9.17, 15) is 4.79 Å². The molecule has 1 saturated carbocycles. The van der Waals surface area contributed by atoms with Crippen molar-refractivity contribution in [1.29, 1.82) is 0 Å². The van der Waals surface area contributed by atoms with Crippen LogP contribution in [0, 0.1) is 0 Å². The zero-order valence-corrected chi connectivity index (χ0v) is 10.6. The molecule has 0 aliphatic heterocycles. The van der Waals surface area contributed by atoms with Crippen LogP contribution < -0.4 is 4.90 Å². The Morgan fingerprint density at radius 3 is 2.61 bits per heavy atom. The van der Waals surface area contributed by atoms with Gasteiger partial charge in [0.05, 0.1) is 12.5 Å². The molecule has 0 unspecified atom stereocenters. The standard InChI is InChI=1S/C14H19NO3/c1-18-13-9-12(10-13)15(8-7-14(16)17)11-5-3-2-4-6-11/h2-6,12-13H,7-10H2,1H3,(H,16,17). The average molecular weight is 249 g/mol. The van der Waals surface area contributed by atoms with Gasteiger partial charge in [0, 0.05) is 25.4 Å². The minimum Gasteiger partial charge on any atom is -0.481 e. The van der Waals surface area contributed by atoms with Gasteiger partial charge in [0.1, 0.15) is 0 Å². The van der Waals surface area contributed by atoms with E-state index >= 15 is 0 Å². The van der Waals surface area contributed by atoms with Crippen molar-refractivity contribution in [1.82, 2.24) is 0 Å². The molecule has 0 aromatic heterocycles. The summed E-state index contributed by atoms with van der Waals surface area (Å²) in [5.74, 6) is -0.751. The number of nitrogens with zero attached hydrogens (tertiary/aromatic N) is 1. The first-order valence-corrected chi connectivity index (χ1v) is 6.27. The molecule has 0 heterocycles. The summed E-state index contributed by atoms with van der Waals surface area (Å²) in [6.45, 7) is 0.556. The second-order valence-electron chi connectivity index (χ2n) is 4.66. The van der Waals surface area contributed by atoms with Gasteiger partial charge in [-0.15, -0.1) is 0 Å². The minimum atomic E-state index is -0.751. The number of aliphatic carboxylic acids is 1. The van der Waals surface area contributed by atoms with Gasteiger partial charge in [-0.05, 0) is 25.0 Å². The molecule has 0 saturated heterocycles. The molecule has 1 fully saturated rings. The van der Waals surface area contributed by atoms with Gasteiger partial charge in [-0.3, -0.25) is 4.79 Å². The molecule has 0 bridgehead atoms. The Hall–Kier alpha value is -1.55. The highest BCUT2D eigenvalue weighted by molar-refractivity contribution is 5.67. The number of carboxylic acid groups (broad SMARTS) is 1. The van der Waals surface area contributed by atoms with E-state index < -0.39 is 5.97 Å². The summed E-state index contributed by atoms with van der Waals surface area (Å²) in [5, 5.41) is 8.83.